The zero-order valence-electron chi connectivity index (χ0n) is 9.98. The number of amides is 1. The molecule has 2 heterocycles. The smallest absolute Gasteiger partial charge is 0.223 e. The van der Waals surface area contributed by atoms with Gasteiger partial charge in [0.15, 0.2) is 0 Å². The van der Waals surface area contributed by atoms with Gasteiger partial charge in [-0.15, -0.1) is 11.3 Å². The molecule has 1 amide bonds. The number of nitrogens with one attached hydrogen (secondary N) is 2. The molecule has 94 valence electrons. The van der Waals surface area contributed by atoms with E-state index in [4.69, 9.17) is 0 Å². The Labute approximate surface area is 109 Å². The number of carbonyl (C=O) groups excluding carboxylic acids is 1. The SMILES string of the molecule is O=C(NCc1cccs1)[C@H]1CCc2nc[nH]c2C1. The predicted molar refractivity (Wildman–Crippen MR) is 70.3 cm³/mol. The minimum absolute atomic E-state index is 0.0814. The number of nitrogens with zero attached hydrogens (tertiary/aromatic N) is 1. The largest absolute Gasteiger partial charge is 0.351 e. The Morgan fingerprint density at radius 3 is 3.39 bits per heavy atom. The third-order valence-corrected chi connectivity index (χ3v) is 4.25. The van der Waals surface area contributed by atoms with E-state index >= 15 is 0 Å². The van der Waals surface area contributed by atoms with Gasteiger partial charge in [0.05, 0.1) is 18.6 Å². The summed E-state index contributed by atoms with van der Waals surface area (Å²) in [5, 5.41) is 5.04. The molecule has 1 atom stereocenters. The van der Waals surface area contributed by atoms with Gasteiger partial charge in [-0.1, -0.05) is 6.07 Å². The third-order valence-electron chi connectivity index (χ3n) is 3.38. The third kappa shape index (κ3) is 2.31. The first-order valence-electron chi connectivity index (χ1n) is 6.14. The van der Waals surface area contributed by atoms with Gasteiger partial charge in [-0.2, -0.15) is 0 Å². The molecule has 0 aliphatic heterocycles. The van der Waals surface area contributed by atoms with Gasteiger partial charge >= 0.3 is 0 Å². The molecule has 5 heteroatoms. The lowest BCUT2D eigenvalue weighted by Crippen LogP contribution is -2.33. The molecule has 0 bridgehead atoms. The Hall–Kier alpha value is -1.62. The average molecular weight is 261 g/mol. The highest BCUT2D eigenvalue weighted by atomic mass is 32.1. The summed E-state index contributed by atoms with van der Waals surface area (Å²) in [7, 11) is 0. The fraction of sp³-hybridized carbons (Fsp3) is 0.385. The van der Waals surface area contributed by atoms with Gasteiger partial charge in [0, 0.05) is 22.9 Å². The maximum Gasteiger partial charge on any atom is 0.223 e. The first-order valence-corrected chi connectivity index (χ1v) is 7.02. The van der Waals surface area contributed by atoms with Crippen LogP contribution in [0.15, 0.2) is 23.8 Å². The number of hydrogen-bond acceptors (Lipinski definition) is 3. The first-order chi connectivity index (χ1) is 8.83. The maximum atomic E-state index is 12.1. The van der Waals surface area contributed by atoms with E-state index < -0.39 is 0 Å². The van der Waals surface area contributed by atoms with Crippen molar-refractivity contribution < 1.29 is 4.79 Å². The number of aryl methyl sites for hydroxylation is 1. The Morgan fingerprint density at radius 1 is 1.61 bits per heavy atom. The quantitative estimate of drug-likeness (QED) is 0.886. The van der Waals surface area contributed by atoms with E-state index in [0.717, 1.165) is 30.7 Å². The van der Waals surface area contributed by atoms with Crippen molar-refractivity contribution in [1.82, 2.24) is 15.3 Å². The topological polar surface area (TPSA) is 57.8 Å². The molecule has 0 saturated carbocycles. The van der Waals surface area contributed by atoms with Crippen molar-refractivity contribution >= 4 is 17.2 Å². The number of aromatic amines is 1. The zero-order valence-corrected chi connectivity index (χ0v) is 10.8. The van der Waals surface area contributed by atoms with E-state index in [1.807, 2.05) is 17.5 Å². The van der Waals surface area contributed by atoms with E-state index in [1.54, 1.807) is 17.7 Å². The van der Waals surface area contributed by atoms with Gasteiger partial charge in [-0.25, -0.2) is 4.98 Å². The molecule has 0 saturated heterocycles. The fourth-order valence-corrected chi connectivity index (χ4v) is 3.00. The average Bonchev–Trinajstić information content (AvgIpc) is 3.05. The molecule has 1 aliphatic carbocycles. The zero-order chi connectivity index (χ0) is 12.4. The number of fused-ring (bicyclic) bond motifs is 1. The molecule has 3 rings (SSSR count). The van der Waals surface area contributed by atoms with Crippen molar-refractivity contribution in [3.05, 3.63) is 40.1 Å². The summed E-state index contributed by atoms with van der Waals surface area (Å²) in [6, 6.07) is 4.04. The van der Waals surface area contributed by atoms with Crippen LogP contribution in [0, 0.1) is 5.92 Å². The van der Waals surface area contributed by atoms with E-state index in [0.29, 0.717) is 6.54 Å². The predicted octanol–water partition coefficient (Wildman–Crippen LogP) is 1.89. The van der Waals surface area contributed by atoms with E-state index in [-0.39, 0.29) is 11.8 Å². The summed E-state index contributed by atoms with van der Waals surface area (Å²) in [6.45, 7) is 0.642. The van der Waals surface area contributed by atoms with Crippen LogP contribution < -0.4 is 5.32 Å². The highest BCUT2D eigenvalue weighted by Crippen LogP contribution is 2.23. The molecule has 0 unspecified atom stereocenters. The van der Waals surface area contributed by atoms with Crippen molar-refractivity contribution in [2.75, 3.05) is 0 Å². The van der Waals surface area contributed by atoms with Crippen molar-refractivity contribution in [3.8, 4) is 0 Å². The summed E-state index contributed by atoms with van der Waals surface area (Å²) in [5.41, 5.74) is 2.25. The van der Waals surface area contributed by atoms with Crippen LogP contribution in [0.1, 0.15) is 22.7 Å². The minimum atomic E-state index is 0.0814. The van der Waals surface area contributed by atoms with Crippen LogP contribution in [0.3, 0.4) is 0 Å². The lowest BCUT2D eigenvalue weighted by atomic mass is 9.89. The summed E-state index contributed by atoms with van der Waals surface area (Å²) < 4.78 is 0. The second-order valence-electron chi connectivity index (χ2n) is 4.56. The first kappa shape index (κ1) is 11.5. The number of H-pyrrole nitrogens is 1. The lowest BCUT2D eigenvalue weighted by Gasteiger charge is -2.20. The second kappa shape index (κ2) is 4.94. The highest BCUT2D eigenvalue weighted by molar-refractivity contribution is 7.09. The standard InChI is InChI=1S/C13H15N3OS/c17-13(14-7-10-2-1-5-18-10)9-3-4-11-12(6-9)16-8-15-11/h1-2,5,8-9H,3-4,6-7H2,(H,14,17)(H,15,16)/t9-/m0/s1. The number of imidazole rings is 1. The number of aromatic nitrogens is 2. The molecule has 0 spiro atoms. The molecule has 2 N–H and O–H groups in total. The lowest BCUT2D eigenvalue weighted by molar-refractivity contribution is -0.125. The number of hydrogen-bond donors (Lipinski definition) is 2. The van der Waals surface area contributed by atoms with Crippen molar-refractivity contribution in [1.29, 1.82) is 0 Å². The summed E-state index contributed by atoms with van der Waals surface area (Å²) in [4.78, 5) is 20.7. The molecule has 0 aromatic carbocycles. The van der Waals surface area contributed by atoms with Crippen molar-refractivity contribution in [2.45, 2.75) is 25.8 Å². The minimum Gasteiger partial charge on any atom is -0.351 e. The number of thiophene rings is 1. The number of rotatable bonds is 3. The normalized spacial score (nSPS) is 18.3. The van der Waals surface area contributed by atoms with Crippen LogP contribution >= 0.6 is 11.3 Å². The molecule has 0 fully saturated rings. The fourth-order valence-electron chi connectivity index (χ4n) is 2.36. The maximum absolute atomic E-state index is 12.1. The number of carbonyl (C=O) groups is 1. The molecule has 1 aliphatic rings. The summed E-state index contributed by atoms with van der Waals surface area (Å²) in [5.74, 6) is 0.238. The van der Waals surface area contributed by atoms with Crippen LogP contribution in [0.4, 0.5) is 0 Å². The molecular formula is C13H15N3OS. The van der Waals surface area contributed by atoms with Crippen LogP contribution in [-0.2, 0) is 24.2 Å². The summed E-state index contributed by atoms with van der Waals surface area (Å²) in [6.07, 6.45) is 4.30. The van der Waals surface area contributed by atoms with Gasteiger partial charge in [-0.05, 0) is 24.3 Å². The Bertz CT molecular complexity index is 532. The Kier molecular flexibility index (Phi) is 3.15. The van der Waals surface area contributed by atoms with Gasteiger partial charge in [-0.3, -0.25) is 4.79 Å². The molecular weight excluding hydrogens is 246 g/mol. The molecule has 4 nitrogen and oxygen atoms in total. The van der Waals surface area contributed by atoms with Crippen LogP contribution in [-0.4, -0.2) is 15.9 Å². The molecule has 2 aromatic rings. The van der Waals surface area contributed by atoms with Gasteiger partial charge in [0.2, 0.25) is 5.91 Å². The highest BCUT2D eigenvalue weighted by Gasteiger charge is 2.25. The van der Waals surface area contributed by atoms with E-state index in [2.05, 4.69) is 15.3 Å². The van der Waals surface area contributed by atoms with Crippen LogP contribution in [0.2, 0.25) is 0 Å². The van der Waals surface area contributed by atoms with Crippen LogP contribution in [0.25, 0.3) is 0 Å². The molecule has 0 radical (unpaired) electrons. The van der Waals surface area contributed by atoms with Crippen molar-refractivity contribution in [2.24, 2.45) is 5.92 Å². The monoisotopic (exact) mass is 261 g/mol. The molecule has 2 aromatic heterocycles. The van der Waals surface area contributed by atoms with Crippen LogP contribution in [0.5, 0.6) is 0 Å². The van der Waals surface area contributed by atoms with Gasteiger partial charge in [0.1, 0.15) is 0 Å². The second-order valence-corrected chi connectivity index (χ2v) is 5.60. The van der Waals surface area contributed by atoms with Gasteiger partial charge < -0.3 is 10.3 Å². The van der Waals surface area contributed by atoms with E-state index in [9.17, 15) is 4.79 Å². The summed E-state index contributed by atoms with van der Waals surface area (Å²) >= 11 is 1.67. The molecule has 18 heavy (non-hydrogen) atoms. The van der Waals surface area contributed by atoms with Crippen molar-refractivity contribution in [3.63, 3.8) is 0 Å². The van der Waals surface area contributed by atoms with E-state index in [1.165, 1.54) is 4.88 Å². The van der Waals surface area contributed by atoms with Gasteiger partial charge in [0.25, 0.3) is 0 Å². The Balaban J connectivity index is 1.57. The Morgan fingerprint density at radius 2 is 2.56 bits per heavy atom.